The van der Waals surface area contributed by atoms with Gasteiger partial charge in [0.05, 0.1) is 16.8 Å². The summed E-state index contributed by atoms with van der Waals surface area (Å²) in [4.78, 5) is 18.4. The number of hydrogen-bond acceptors (Lipinski definition) is 2. The van der Waals surface area contributed by atoms with Gasteiger partial charge in [-0.15, -0.1) is 0 Å². The van der Waals surface area contributed by atoms with Gasteiger partial charge in [0.1, 0.15) is 0 Å². The van der Waals surface area contributed by atoms with E-state index < -0.39 is 0 Å². The molecule has 4 aromatic rings. The Balaban J connectivity index is 1.67. The third kappa shape index (κ3) is 4.66. The van der Waals surface area contributed by atoms with E-state index in [2.05, 4.69) is 55.6 Å². The van der Waals surface area contributed by atoms with E-state index in [4.69, 9.17) is 4.98 Å². The van der Waals surface area contributed by atoms with Crippen LogP contribution in [0.5, 0.6) is 0 Å². The molecule has 0 aliphatic heterocycles. The summed E-state index contributed by atoms with van der Waals surface area (Å²) in [6.45, 7) is 4.17. The Hall–Kier alpha value is -3.46. The molecule has 1 heterocycles. The summed E-state index contributed by atoms with van der Waals surface area (Å²) in [6.07, 6.45) is 2.57. The van der Waals surface area contributed by atoms with E-state index >= 15 is 0 Å². The van der Waals surface area contributed by atoms with Crippen molar-refractivity contribution >= 4 is 16.8 Å². The van der Waals surface area contributed by atoms with Crippen LogP contribution >= 0.6 is 0 Å². The zero-order chi connectivity index (χ0) is 21.6. The minimum atomic E-state index is -0.0202. The van der Waals surface area contributed by atoms with Crippen molar-refractivity contribution in [2.24, 2.45) is 0 Å². The van der Waals surface area contributed by atoms with Gasteiger partial charge in [-0.2, -0.15) is 0 Å². The molecule has 0 unspecified atom stereocenters. The zero-order valence-corrected chi connectivity index (χ0v) is 18.1. The topological polar surface area (TPSA) is 42.0 Å². The fourth-order valence-electron chi connectivity index (χ4n) is 4.09. The van der Waals surface area contributed by atoms with E-state index in [1.165, 1.54) is 5.56 Å². The highest BCUT2D eigenvalue weighted by atomic mass is 16.1. The van der Waals surface area contributed by atoms with Crippen molar-refractivity contribution < 1.29 is 4.79 Å². The fraction of sp³-hybridized carbons (Fsp3) is 0.214. The van der Waals surface area contributed by atoms with Crippen molar-refractivity contribution in [3.8, 4) is 11.3 Å². The largest absolute Gasteiger partial charge is 0.350 e. The maximum atomic E-state index is 13.5. The van der Waals surface area contributed by atoms with E-state index in [0.29, 0.717) is 0 Å². The predicted octanol–water partition coefficient (Wildman–Crippen LogP) is 6.22. The lowest BCUT2D eigenvalue weighted by Crippen LogP contribution is -2.34. The first-order valence-corrected chi connectivity index (χ1v) is 11.0. The fourth-order valence-corrected chi connectivity index (χ4v) is 4.09. The summed E-state index contributed by atoms with van der Waals surface area (Å²) in [5, 5.41) is 4.15. The first-order chi connectivity index (χ1) is 15.2. The van der Waals surface area contributed by atoms with Crippen LogP contribution in [-0.4, -0.2) is 16.9 Å². The molecule has 3 heteroatoms. The molecule has 0 spiro atoms. The summed E-state index contributed by atoms with van der Waals surface area (Å²) >= 11 is 0. The quantitative estimate of drug-likeness (QED) is 0.395. The molecule has 156 valence electrons. The van der Waals surface area contributed by atoms with Crippen molar-refractivity contribution in [1.29, 1.82) is 0 Å². The Morgan fingerprint density at radius 3 is 2.26 bits per heavy atom. The second-order valence-corrected chi connectivity index (χ2v) is 7.95. The number of aryl methyl sites for hydroxylation is 1. The van der Waals surface area contributed by atoms with Crippen LogP contribution in [0.4, 0.5) is 0 Å². The van der Waals surface area contributed by atoms with Crippen LogP contribution in [-0.2, 0) is 12.8 Å². The number of amides is 1. The van der Waals surface area contributed by atoms with Gasteiger partial charge < -0.3 is 5.32 Å². The maximum Gasteiger partial charge on any atom is 0.252 e. The van der Waals surface area contributed by atoms with Crippen molar-refractivity contribution in [3.63, 3.8) is 0 Å². The molecular weight excluding hydrogens is 380 g/mol. The molecule has 0 saturated carbocycles. The van der Waals surface area contributed by atoms with Crippen LogP contribution in [0.25, 0.3) is 22.2 Å². The first-order valence-electron chi connectivity index (χ1n) is 11.0. The van der Waals surface area contributed by atoms with Gasteiger partial charge in [-0.25, -0.2) is 4.98 Å². The Morgan fingerprint density at radius 2 is 1.55 bits per heavy atom. The van der Waals surface area contributed by atoms with Crippen molar-refractivity contribution in [2.75, 3.05) is 0 Å². The number of pyridine rings is 1. The molecule has 0 aliphatic rings. The van der Waals surface area contributed by atoms with Crippen LogP contribution in [0.1, 0.15) is 41.8 Å². The summed E-state index contributed by atoms with van der Waals surface area (Å²) in [5.41, 5.74) is 5.82. The second-order valence-electron chi connectivity index (χ2n) is 7.95. The highest BCUT2D eigenvalue weighted by Gasteiger charge is 2.21. The molecule has 0 bridgehead atoms. The molecule has 1 aromatic heterocycles. The normalized spacial score (nSPS) is 11.9. The van der Waals surface area contributed by atoms with E-state index in [1.54, 1.807) is 0 Å². The number of para-hydroxylation sites is 1. The number of carbonyl (C=O) groups excluding carboxylic acids is 1. The second kappa shape index (κ2) is 9.57. The molecule has 1 amide bonds. The first kappa shape index (κ1) is 20.8. The summed E-state index contributed by atoms with van der Waals surface area (Å²) in [7, 11) is 0. The molecule has 0 aliphatic carbocycles. The number of rotatable bonds is 7. The average Bonchev–Trinajstić information content (AvgIpc) is 2.82. The highest BCUT2D eigenvalue weighted by Crippen LogP contribution is 2.30. The minimum absolute atomic E-state index is 0.0202. The summed E-state index contributed by atoms with van der Waals surface area (Å²) in [5.74, 6) is -0.0202. The van der Waals surface area contributed by atoms with Gasteiger partial charge in [-0.05, 0) is 43.4 Å². The van der Waals surface area contributed by atoms with E-state index in [9.17, 15) is 4.79 Å². The lowest BCUT2D eigenvalue weighted by molar-refractivity contribution is 0.0939. The van der Waals surface area contributed by atoms with Gasteiger partial charge in [-0.1, -0.05) is 85.8 Å². The number of nitrogens with one attached hydrogen (secondary N) is 1. The number of nitrogens with zero attached hydrogens (tertiary/aromatic N) is 1. The smallest absolute Gasteiger partial charge is 0.252 e. The van der Waals surface area contributed by atoms with Crippen molar-refractivity contribution in [2.45, 2.75) is 39.2 Å². The van der Waals surface area contributed by atoms with E-state index in [-0.39, 0.29) is 11.9 Å². The van der Waals surface area contributed by atoms with Gasteiger partial charge in [0, 0.05) is 17.0 Å². The zero-order valence-electron chi connectivity index (χ0n) is 18.1. The van der Waals surface area contributed by atoms with Gasteiger partial charge in [0.25, 0.3) is 5.91 Å². The Morgan fingerprint density at radius 1 is 0.903 bits per heavy atom. The number of aromatic nitrogens is 1. The molecule has 4 rings (SSSR count). The number of hydrogen-bond donors (Lipinski definition) is 1. The molecule has 3 aromatic carbocycles. The summed E-state index contributed by atoms with van der Waals surface area (Å²) in [6, 6.07) is 28.5. The van der Waals surface area contributed by atoms with Crippen LogP contribution in [0, 0.1) is 0 Å². The monoisotopic (exact) mass is 408 g/mol. The highest BCUT2D eigenvalue weighted by molar-refractivity contribution is 6.09. The maximum absolute atomic E-state index is 13.5. The number of benzene rings is 3. The van der Waals surface area contributed by atoms with E-state index in [1.807, 2.05) is 48.5 Å². The van der Waals surface area contributed by atoms with Crippen molar-refractivity contribution in [3.05, 3.63) is 102 Å². The van der Waals surface area contributed by atoms with Gasteiger partial charge >= 0.3 is 0 Å². The predicted molar refractivity (Wildman–Crippen MR) is 128 cm³/mol. The third-order valence-electron chi connectivity index (χ3n) is 5.71. The lowest BCUT2D eigenvalue weighted by atomic mass is 9.94. The van der Waals surface area contributed by atoms with Gasteiger partial charge in [0.2, 0.25) is 0 Å². The van der Waals surface area contributed by atoms with Gasteiger partial charge in [-0.3, -0.25) is 4.79 Å². The molecule has 31 heavy (non-hydrogen) atoms. The number of fused-ring (bicyclic) bond motifs is 1. The SMILES string of the molecule is CCc1c(-c2ccccc2)nc2ccccc2c1C(=O)N[C@@H](C)CCc1ccccc1. The Bertz CT molecular complexity index is 1170. The average molecular weight is 409 g/mol. The lowest BCUT2D eigenvalue weighted by Gasteiger charge is -2.19. The summed E-state index contributed by atoms with van der Waals surface area (Å²) < 4.78 is 0. The third-order valence-corrected chi connectivity index (χ3v) is 5.71. The molecule has 0 fully saturated rings. The Kier molecular flexibility index (Phi) is 6.42. The van der Waals surface area contributed by atoms with Crippen LogP contribution in [0.15, 0.2) is 84.9 Å². The molecule has 0 saturated heterocycles. The van der Waals surface area contributed by atoms with Crippen LogP contribution in [0.3, 0.4) is 0 Å². The molecule has 1 atom stereocenters. The van der Waals surface area contributed by atoms with Crippen LogP contribution < -0.4 is 5.32 Å². The Labute approximate surface area is 184 Å². The molecule has 3 nitrogen and oxygen atoms in total. The molecule has 1 N–H and O–H groups in total. The minimum Gasteiger partial charge on any atom is -0.350 e. The number of carbonyl (C=O) groups is 1. The van der Waals surface area contributed by atoms with E-state index in [0.717, 1.165) is 52.5 Å². The van der Waals surface area contributed by atoms with Crippen LogP contribution in [0.2, 0.25) is 0 Å². The van der Waals surface area contributed by atoms with Gasteiger partial charge in [0.15, 0.2) is 0 Å². The molecule has 0 radical (unpaired) electrons. The standard InChI is InChI=1S/C28H28N2O/c1-3-23-26(28(31)29-20(2)18-19-21-12-6-4-7-13-21)24-16-10-11-17-25(24)30-27(23)22-14-8-5-9-15-22/h4-17,20H,3,18-19H2,1-2H3,(H,29,31)/t20-/m0/s1. The van der Waals surface area contributed by atoms with Crippen molar-refractivity contribution in [1.82, 2.24) is 10.3 Å². The molecular formula is C28H28N2O.